The number of nitrogens with zero attached hydrogens (tertiary/aromatic N) is 4. The minimum Gasteiger partial charge on any atom is -0.354 e. The second-order valence-electron chi connectivity index (χ2n) is 8.29. The average molecular weight is 460 g/mol. The highest BCUT2D eigenvalue weighted by molar-refractivity contribution is 7.99. The van der Waals surface area contributed by atoms with Crippen LogP contribution in [0, 0.1) is 13.8 Å². The molecule has 170 valence electrons. The lowest BCUT2D eigenvalue weighted by Gasteiger charge is -2.11. The second kappa shape index (κ2) is 10.5. The zero-order chi connectivity index (χ0) is 23.2. The van der Waals surface area contributed by atoms with Gasteiger partial charge >= 0.3 is 0 Å². The molecule has 0 aliphatic carbocycles. The molecule has 0 radical (unpaired) electrons. The number of carbonyl (C=O) groups excluding carboxylic acids is 1. The fourth-order valence-corrected chi connectivity index (χ4v) is 4.67. The molecule has 2 aromatic heterocycles. The van der Waals surface area contributed by atoms with Crippen molar-refractivity contribution >= 4 is 23.4 Å². The topological polar surface area (TPSA) is 64.7 Å². The third kappa shape index (κ3) is 6.14. The van der Waals surface area contributed by atoms with E-state index in [2.05, 4.69) is 61.0 Å². The Morgan fingerprint density at radius 2 is 1.76 bits per heavy atom. The van der Waals surface area contributed by atoms with Gasteiger partial charge in [0.1, 0.15) is 5.82 Å². The molecular formula is C26H29N5OS. The molecule has 4 aromatic rings. The standard InChI is InChI=1S/C26H29N5OS/c1-19-14-20(2)16-22(15-19)27-25(32)18-33-26-29-28-24(17-23-10-7-12-30(23)3)31(26)13-11-21-8-5-4-6-9-21/h4-10,12,14-16H,11,13,17-18H2,1-3H3,(H,27,32). The molecule has 0 bridgehead atoms. The number of aryl methyl sites for hydroxylation is 4. The van der Waals surface area contributed by atoms with Gasteiger partial charge < -0.3 is 14.5 Å². The molecule has 0 saturated carbocycles. The zero-order valence-electron chi connectivity index (χ0n) is 19.3. The molecule has 1 amide bonds. The quantitative estimate of drug-likeness (QED) is 0.365. The maximum Gasteiger partial charge on any atom is 0.234 e. The summed E-state index contributed by atoms with van der Waals surface area (Å²) in [6.45, 7) is 4.82. The van der Waals surface area contributed by atoms with Crippen LogP contribution in [0.2, 0.25) is 0 Å². The van der Waals surface area contributed by atoms with Crippen molar-refractivity contribution in [2.24, 2.45) is 7.05 Å². The number of nitrogens with one attached hydrogen (secondary N) is 1. The van der Waals surface area contributed by atoms with Crippen molar-refractivity contribution < 1.29 is 4.79 Å². The third-order valence-corrected chi connectivity index (χ3v) is 6.46. The summed E-state index contributed by atoms with van der Waals surface area (Å²) in [5.74, 6) is 1.14. The SMILES string of the molecule is Cc1cc(C)cc(NC(=O)CSc2nnc(Cc3cccn3C)n2CCc2ccccc2)c1. The van der Waals surface area contributed by atoms with Crippen LogP contribution in [0.3, 0.4) is 0 Å². The van der Waals surface area contributed by atoms with Gasteiger partial charge in [0.2, 0.25) is 5.91 Å². The van der Waals surface area contributed by atoms with E-state index in [1.807, 2.05) is 51.4 Å². The van der Waals surface area contributed by atoms with E-state index in [1.165, 1.54) is 23.0 Å². The highest BCUT2D eigenvalue weighted by atomic mass is 32.2. The maximum atomic E-state index is 12.6. The summed E-state index contributed by atoms with van der Waals surface area (Å²) in [5, 5.41) is 12.7. The van der Waals surface area contributed by atoms with Crippen molar-refractivity contribution in [2.45, 2.75) is 38.4 Å². The normalized spacial score (nSPS) is 11.0. The minimum atomic E-state index is -0.0495. The van der Waals surface area contributed by atoms with Crippen LogP contribution < -0.4 is 5.32 Å². The van der Waals surface area contributed by atoms with E-state index in [-0.39, 0.29) is 11.7 Å². The van der Waals surface area contributed by atoms with Gasteiger partial charge in [-0.25, -0.2) is 0 Å². The van der Waals surface area contributed by atoms with Crippen molar-refractivity contribution in [3.05, 3.63) is 95.1 Å². The van der Waals surface area contributed by atoms with E-state index in [0.29, 0.717) is 6.42 Å². The van der Waals surface area contributed by atoms with Crippen LogP contribution in [0.1, 0.15) is 28.2 Å². The van der Waals surface area contributed by atoms with Crippen LogP contribution in [-0.4, -0.2) is 31.0 Å². The Morgan fingerprint density at radius 1 is 1.00 bits per heavy atom. The monoisotopic (exact) mass is 459 g/mol. The van der Waals surface area contributed by atoms with Gasteiger partial charge in [-0.15, -0.1) is 10.2 Å². The molecule has 2 heterocycles. The maximum absolute atomic E-state index is 12.6. The van der Waals surface area contributed by atoms with Gasteiger partial charge in [0, 0.05) is 37.6 Å². The van der Waals surface area contributed by atoms with Gasteiger partial charge in [-0.05, 0) is 61.2 Å². The fourth-order valence-electron chi connectivity index (χ4n) is 3.88. The predicted octanol–water partition coefficient (Wildman–Crippen LogP) is 4.80. The molecule has 0 fully saturated rings. The number of anilines is 1. The molecule has 1 N–H and O–H groups in total. The predicted molar refractivity (Wildman–Crippen MR) is 134 cm³/mol. The lowest BCUT2D eigenvalue weighted by molar-refractivity contribution is -0.113. The molecule has 0 spiro atoms. The van der Waals surface area contributed by atoms with Crippen molar-refractivity contribution in [3.8, 4) is 0 Å². The molecule has 2 aromatic carbocycles. The smallest absolute Gasteiger partial charge is 0.234 e. The van der Waals surface area contributed by atoms with Crippen LogP contribution in [-0.2, 0) is 31.2 Å². The van der Waals surface area contributed by atoms with Crippen LogP contribution in [0.25, 0.3) is 0 Å². The zero-order valence-corrected chi connectivity index (χ0v) is 20.1. The summed E-state index contributed by atoms with van der Waals surface area (Å²) in [7, 11) is 2.03. The number of benzene rings is 2. The van der Waals surface area contributed by atoms with Crippen molar-refractivity contribution in [1.82, 2.24) is 19.3 Å². The molecule has 33 heavy (non-hydrogen) atoms. The first-order chi connectivity index (χ1) is 16.0. The molecule has 0 aliphatic heterocycles. The Balaban J connectivity index is 1.47. The number of aromatic nitrogens is 4. The van der Waals surface area contributed by atoms with E-state index in [0.717, 1.165) is 40.8 Å². The van der Waals surface area contributed by atoms with Crippen LogP contribution >= 0.6 is 11.8 Å². The number of hydrogen-bond acceptors (Lipinski definition) is 4. The summed E-state index contributed by atoms with van der Waals surface area (Å²) in [5.41, 5.74) is 5.52. The lowest BCUT2D eigenvalue weighted by Crippen LogP contribution is -2.15. The van der Waals surface area contributed by atoms with Crippen molar-refractivity contribution in [1.29, 1.82) is 0 Å². The molecule has 6 nitrogen and oxygen atoms in total. The number of amides is 1. The van der Waals surface area contributed by atoms with Crippen LogP contribution in [0.15, 0.2) is 72.0 Å². The fraction of sp³-hybridized carbons (Fsp3) is 0.269. The Bertz CT molecular complexity index is 1210. The lowest BCUT2D eigenvalue weighted by atomic mass is 10.1. The first kappa shape index (κ1) is 22.9. The third-order valence-electron chi connectivity index (χ3n) is 5.49. The summed E-state index contributed by atoms with van der Waals surface area (Å²) in [6, 6.07) is 20.6. The number of carbonyl (C=O) groups is 1. The number of thioether (sulfide) groups is 1. The molecule has 7 heteroatoms. The Hall–Kier alpha value is -3.32. The Labute approximate surface area is 199 Å². The Kier molecular flexibility index (Phi) is 7.29. The number of rotatable bonds is 9. The van der Waals surface area contributed by atoms with E-state index in [9.17, 15) is 4.79 Å². The van der Waals surface area contributed by atoms with Gasteiger partial charge in [-0.2, -0.15) is 0 Å². The molecular weight excluding hydrogens is 430 g/mol. The van der Waals surface area contributed by atoms with Gasteiger partial charge in [0.05, 0.1) is 5.75 Å². The molecule has 0 saturated heterocycles. The van der Waals surface area contributed by atoms with Crippen LogP contribution in [0.5, 0.6) is 0 Å². The van der Waals surface area contributed by atoms with Crippen molar-refractivity contribution in [3.63, 3.8) is 0 Å². The van der Waals surface area contributed by atoms with Gasteiger partial charge in [0.15, 0.2) is 5.16 Å². The Morgan fingerprint density at radius 3 is 2.45 bits per heavy atom. The first-order valence-corrected chi connectivity index (χ1v) is 12.0. The highest BCUT2D eigenvalue weighted by Crippen LogP contribution is 2.21. The van der Waals surface area contributed by atoms with E-state index in [4.69, 9.17) is 0 Å². The second-order valence-corrected chi connectivity index (χ2v) is 9.23. The first-order valence-electron chi connectivity index (χ1n) is 11.0. The van der Waals surface area contributed by atoms with E-state index in [1.54, 1.807) is 0 Å². The molecule has 0 unspecified atom stereocenters. The van der Waals surface area contributed by atoms with Gasteiger partial charge in [-0.1, -0.05) is 48.2 Å². The summed E-state index contributed by atoms with van der Waals surface area (Å²) >= 11 is 1.43. The van der Waals surface area contributed by atoms with E-state index < -0.39 is 0 Å². The largest absolute Gasteiger partial charge is 0.354 e. The van der Waals surface area contributed by atoms with E-state index >= 15 is 0 Å². The number of hydrogen-bond donors (Lipinski definition) is 1. The summed E-state index contributed by atoms with van der Waals surface area (Å²) < 4.78 is 4.25. The average Bonchev–Trinajstić information content (AvgIpc) is 3.36. The van der Waals surface area contributed by atoms with Gasteiger partial charge in [-0.3, -0.25) is 4.79 Å². The van der Waals surface area contributed by atoms with Crippen LogP contribution in [0.4, 0.5) is 5.69 Å². The molecule has 4 rings (SSSR count). The summed E-state index contributed by atoms with van der Waals surface area (Å²) in [6.07, 6.45) is 3.61. The molecule has 0 aliphatic rings. The van der Waals surface area contributed by atoms with Crippen molar-refractivity contribution in [2.75, 3.05) is 11.1 Å². The minimum absolute atomic E-state index is 0.0495. The van der Waals surface area contributed by atoms with Gasteiger partial charge in [0.25, 0.3) is 0 Å². The highest BCUT2D eigenvalue weighted by Gasteiger charge is 2.16. The molecule has 0 atom stereocenters. The summed E-state index contributed by atoms with van der Waals surface area (Å²) in [4.78, 5) is 12.6.